The largest absolute Gasteiger partial charge is 0.336 e. The number of hydrogen-bond acceptors (Lipinski definition) is 4. The molecule has 2 saturated heterocycles. The highest BCUT2D eigenvalue weighted by Crippen LogP contribution is 2.27. The molecule has 2 fully saturated rings. The zero-order valence-electron chi connectivity index (χ0n) is 15.9. The number of halogens is 1. The Hall–Kier alpha value is -1.86. The summed E-state index contributed by atoms with van der Waals surface area (Å²) >= 11 is 0. The second-order valence-electron chi connectivity index (χ2n) is 7.76. The van der Waals surface area contributed by atoms with Crippen molar-refractivity contribution < 1.29 is 4.79 Å². The first-order valence-electron chi connectivity index (χ1n) is 9.69. The van der Waals surface area contributed by atoms with Gasteiger partial charge in [-0.15, -0.1) is 12.4 Å². The van der Waals surface area contributed by atoms with Crippen molar-refractivity contribution in [3.8, 4) is 0 Å². The van der Waals surface area contributed by atoms with E-state index in [1.165, 1.54) is 0 Å². The molecule has 2 unspecified atom stereocenters. The van der Waals surface area contributed by atoms with Crippen LogP contribution in [-0.4, -0.2) is 51.1 Å². The van der Waals surface area contributed by atoms with Crippen LogP contribution in [0.4, 0.5) is 0 Å². The van der Waals surface area contributed by atoms with Crippen molar-refractivity contribution in [3.63, 3.8) is 0 Å². The summed E-state index contributed by atoms with van der Waals surface area (Å²) in [5.74, 6) is 0.744. The van der Waals surface area contributed by atoms with Crippen LogP contribution >= 0.6 is 12.4 Å². The molecule has 0 radical (unpaired) electrons. The van der Waals surface area contributed by atoms with Crippen molar-refractivity contribution in [3.05, 3.63) is 33.9 Å². The summed E-state index contributed by atoms with van der Waals surface area (Å²) < 4.78 is 1.77. The molecule has 4 rings (SSSR count). The van der Waals surface area contributed by atoms with Crippen molar-refractivity contribution in [1.82, 2.24) is 24.8 Å². The standard InChI is InChI=1S/C19H27N5O2.ClH/c1-12-4-3-9-23(13(12)2)19(26)15-11-21-24-16(10-17(25)22-18(15)24)14-5-7-20-8-6-14;/h10-14,20H,3-9H2,1-2H3,(H,22,25);1H. The van der Waals surface area contributed by atoms with Gasteiger partial charge in [0.15, 0.2) is 0 Å². The molecular formula is C19H28ClN5O2. The van der Waals surface area contributed by atoms with Crippen LogP contribution in [0.25, 0.3) is 5.65 Å². The predicted molar refractivity (Wildman–Crippen MR) is 107 cm³/mol. The molecule has 2 atom stereocenters. The van der Waals surface area contributed by atoms with E-state index in [4.69, 9.17) is 0 Å². The normalized spacial score (nSPS) is 24.0. The number of carbonyl (C=O) groups is 1. The van der Waals surface area contributed by atoms with Gasteiger partial charge < -0.3 is 15.2 Å². The molecule has 0 spiro atoms. The Balaban J connectivity index is 0.00000210. The summed E-state index contributed by atoms with van der Waals surface area (Å²) in [6.45, 7) is 6.94. The Labute approximate surface area is 164 Å². The number of likely N-dealkylation sites (tertiary alicyclic amines) is 1. The van der Waals surface area contributed by atoms with Gasteiger partial charge in [-0.2, -0.15) is 5.10 Å². The fourth-order valence-electron chi connectivity index (χ4n) is 4.35. The summed E-state index contributed by atoms with van der Waals surface area (Å²) in [7, 11) is 0. The van der Waals surface area contributed by atoms with E-state index in [-0.39, 0.29) is 35.8 Å². The topological polar surface area (TPSA) is 82.5 Å². The smallest absolute Gasteiger partial charge is 0.259 e. The number of hydrogen-bond donors (Lipinski definition) is 2. The van der Waals surface area contributed by atoms with Crippen LogP contribution in [0.1, 0.15) is 61.5 Å². The molecule has 2 N–H and O–H groups in total. The molecule has 0 aromatic carbocycles. The summed E-state index contributed by atoms with van der Waals surface area (Å²) in [5.41, 5.74) is 1.77. The quantitative estimate of drug-likeness (QED) is 0.819. The number of H-pyrrole nitrogens is 1. The third-order valence-electron chi connectivity index (χ3n) is 6.16. The molecule has 2 aromatic heterocycles. The molecule has 0 aliphatic carbocycles. The maximum atomic E-state index is 13.2. The van der Waals surface area contributed by atoms with Crippen LogP contribution in [0.5, 0.6) is 0 Å². The second-order valence-corrected chi connectivity index (χ2v) is 7.76. The van der Waals surface area contributed by atoms with Crippen molar-refractivity contribution in [2.75, 3.05) is 19.6 Å². The van der Waals surface area contributed by atoms with Crippen LogP contribution in [0.15, 0.2) is 17.1 Å². The van der Waals surface area contributed by atoms with E-state index < -0.39 is 0 Å². The molecule has 4 heterocycles. The van der Waals surface area contributed by atoms with Gasteiger partial charge >= 0.3 is 0 Å². The van der Waals surface area contributed by atoms with Gasteiger partial charge in [-0.3, -0.25) is 9.59 Å². The Morgan fingerprint density at radius 1 is 1.22 bits per heavy atom. The molecule has 2 aliphatic rings. The monoisotopic (exact) mass is 393 g/mol. The lowest BCUT2D eigenvalue weighted by Crippen LogP contribution is -2.46. The molecule has 148 valence electrons. The zero-order chi connectivity index (χ0) is 18.3. The van der Waals surface area contributed by atoms with Crippen LogP contribution in [0, 0.1) is 5.92 Å². The van der Waals surface area contributed by atoms with Crippen molar-refractivity contribution in [1.29, 1.82) is 0 Å². The molecule has 2 aliphatic heterocycles. The van der Waals surface area contributed by atoms with E-state index >= 15 is 0 Å². The maximum absolute atomic E-state index is 13.2. The highest BCUT2D eigenvalue weighted by atomic mass is 35.5. The number of nitrogens with one attached hydrogen (secondary N) is 2. The van der Waals surface area contributed by atoms with E-state index in [0.29, 0.717) is 17.1 Å². The minimum Gasteiger partial charge on any atom is -0.336 e. The maximum Gasteiger partial charge on any atom is 0.259 e. The molecule has 27 heavy (non-hydrogen) atoms. The number of piperidine rings is 2. The molecule has 0 bridgehead atoms. The first-order chi connectivity index (χ1) is 12.6. The Bertz CT molecular complexity index is 871. The van der Waals surface area contributed by atoms with Gasteiger partial charge in [0.25, 0.3) is 11.5 Å². The lowest BCUT2D eigenvalue weighted by atomic mass is 9.91. The highest BCUT2D eigenvalue weighted by molar-refractivity contribution is 5.99. The molecule has 8 heteroatoms. The minimum atomic E-state index is -0.166. The summed E-state index contributed by atoms with van der Waals surface area (Å²) in [6.07, 6.45) is 5.73. The van der Waals surface area contributed by atoms with Gasteiger partial charge in [0, 0.05) is 24.6 Å². The number of fused-ring (bicyclic) bond motifs is 1. The van der Waals surface area contributed by atoms with E-state index in [2.05, 4.69) is 29.2 Å². The van der Waals surface area contributed by atoms with Crippen LogP contribution in [0.3, 0.4) is 0 Å². The number of rotatable bonds is 2. The first kappa shape index (κ1) is 19.9. The van der Waals surface area contributed by atoms with E-state index in [1.54, 1.807) is 16.8 Å². The molecule has 2 aromatic rings. The van der Waals surface area contributed by atoms with Gasteiger partial charge in [0.1, 0.15) is 11.2 Å². The number of amides is 1. The third-order valence-corrected chi connectivity index (χ3v) is 6.16. The highest BCUT2D eigenvalue weighted by Gasteiger charge is 2.31. The van der Waals surface area contributed by atoms with Crippen LogP contribution in [-0.2, 0) is 0 Å². The fraction of sp³-hybridized carbons (Fsp3) is 0.632. The number of aromatic amines is 1. The van der Waals surface area contributed by atoms with E-state index in [0.717, 1.165) is 51.0 Å². The van der Waals surface area contributed by atoms with Crippen LogP contribution in [0.2, 0.25) is 0 Å². The average Bonchev–Trinajstić information content (AvgIpc) is 3.07. The Morgan fingerprint density at radius 3 is 2.70 bits per heavy atom. The van der Waals surface area contributed by atoms with Crippen molar-refractivity contribution >= 4 is 24.0 Å². The number of aromatic nitrogens is 3. The van der Waals surface area contributed by atoms with Crippen molar-refractivity contribution in [2.45, 2.75) is 51.5 Å². The molecule has 1 amide bonds. The predicted octanol–water partition coefficient (Wildman–Crippen LogP) is 2.17. The zero-order valence-corrected chi connectivity index (χ0v) is 16.7. The van der Waals surface area contributed by atoms with Crippen LogP contribution < -0.4 is 10.9 Å². The first-order valence-corrected chi connectivity index (χ1v) is 9.69. The Morgan fingerprint density at radius 2 is 1.96 bits per heavy atom. The van der Waals surface area contributed by atoms with Gasteiger partial charge in [0.2, 0.25) is 0 Å². The van der Waals surface area contributed by atoms with Crippen molar-refractivity contribution in [2.24, 2.45) is 5.92 Å². The van der Waals surface area contributed by atoms with E-state index in [1.807, 2.05) is 4.90 Å². The van der Waals surface area contributed by atoms with Gasteiger partial charge in [-0.1, -0.05) is 6.92 Å². The van der Waals surface area contributed by atoms with Gasteiger partial charge in [-0.25, -0.2) is 4.52 Å². The summed E-state index contributed by atoms with van der Waals surface area (Å²) in [5, 5.41) is 7.82. The number of nitrogens with zero attached hydrogens (tertiary/aromatic N) is 3. The van der Waals surface area contributed by atoms with Gasteiger partial charge in [-0.05, 0) is 51.6 Å². The molecule has 0 saturated carbocycles. The number of carbonyl (C=O) groups excluding carboxylic acids is 1. The third kappa shape index (κ3) is 3.62. The minimum absolute atomic E-state index is 0. The van der Waals surface area contributed by atoms with Gasteiger partial charge in [0.05, 0.1) is 11.9 Å². The lowest BCUT2D eigenvalue weighted by molar-refractivity contribution is 0.0553. The Kier molecular flexibility index (Phi) is 5.91. The fourth-order valence-corrected chi connectivity index (χ4v) is 4.35. The average molecular weight is 394 g/mol. The lowest BCUT2D eigenvalue weighted by Gasteiger charge is -2.37. The molecular weight excluding hydrogens is 366 g/mol. The SMILES string of the molecule is CC1CCCN(C(=O)c2cnn3c(C4CCNCC4)cc(=O)[nH]c23)C1C.Cl. The summed E-state index contributed by atoms with van der Waals surface area (Å²) in [6, 6.07) is 1.83. The second kappa shape index (κ2) is 8.02. The molecule has 7 nitrogen and oxygen atoms in total. The summed E-state index contributed by atoms with van der Waals surface area (Å²) in [4.78, 5) is 30.2. The van der Waals surface area contributed by atoms with E-state index in [9.17, 15) is 9.59 Å².